The maximum atomic E-state index is 6.08. The number of aryl methyl sites for hydroxylation is 1. The van der Waals surface area contributed by atoms with Crippen LogP contribution in [0.5, 0.6) is 0 Å². The predicted molar refractivity (Wildman–Crippen MR) is 98.1 cm³/mol. The summed E-state index contributed by atoms with van der Waals surface area (Å²) >= 11 is 0. The van der Waals surface area contributed by atoms with Gasteiger partial charge in [-0.2, -0.15) is 4.52 Å². The molecule has 3 aromatic rings. The fourth-order valence-electron chi connectivity index (χ4n) is 4.01. The summed E-state index contributed by atoms with van der Waals surface area (Å²) in [6, 6.07) is 15.1. The van der Waals surface area contributed by atoms with Crippen LogP contribution in [0.3, 0.4) is 0 Å². The van der Waals surface area contributed by atoms with E-state index >= 15 is 0 Å². The van der Waals surface area contributed by atoms with Crippen molar-refractivity contribution >= 4 is 11.5 Å². The van der Waals surface area contributed by atoms with Gasteiger partial charge in [-0.1, -0.05) is 30.3 Å². The first-order valence-electron chi connectivity index (χ1n) is 9.11. The van der Waals surface area contributed by atoms with E-state index in [1.165, 1.54) is 5.56 Å². The Kier molecular flexibility index (Phi) is 3.83. The number of aromatic nitrogens is 4. The molecule has 7 heteroatoms. The van der Waals surface area contributed by atoms with Gasteiger partial charge in [-0.3, -0.25) is 4.90 Å². The molecule has 2 aromatic heterocycles. The third kappa shape index (κ3) is 2.73. The highest BCUT2D eigenvalue weighted by molar-refractivity contribution is 5.47. The molecule has 0 amide bonds. The number of hydrogen-bond donors (Lipinski definition) is 0. The van der Waals surface area contributed by atoms with Crippen LogP contribution in [0.15, 0.2) is 42.5 Å². The van der Waals surface area contributed by atoms with Crippen molar-refractivity contribution in [2.75, 3.05) is 31.1 Å². The van der Waals surface area contributed by atoms with Crippen molar-refractivity contribution in [1.82, 2.24) is 24.7 Å². The first-order chi connectivity index (χ1) is 12.8. The molecule has 0 aliphatic carbocycles. The van der Waals surface area contributed by atoms with E-state index in [1.807, 2.05) is 19.1 Å². The smallest absolute Gasteiger partial charge is 0.178 e. The minimum absolute atomic E-state index is 0.229. The lowest BCUT2D eigenvalue weighted by Gasteiger charge is -2.36. The minimum atomic E-state index is 0.229. The third-order valence-corrected chi connectivity index (χ3v) is 5.37. The average molecular weight is 350 g/mol. The Balaban J connectivity index is 1.37. The van der Waals surface area contributed by atoms with Crippen LogP contribution < -0.4 is 4.90 Å². The monoisotopic (exact) mass is 350 g/mol. The van der Waals surface area contributed by atoms with Gasteiger partial charge in [-0.25, -0.2) is 0 Å². The Morgan fingerprint density at radius 3 is 2.85 bits per heavy atom. The Bertz CT molecular complexity index is 911. The van der Waals surface area contributed by atoms with Crippen molar-refractivity contribution in [3.8, 4) is 0 Å². The minimum Gasteiger partial charge on any atom is -0.373 e. The zero-order chi connectivity index (χ0) is 17.5. The SMILES string of the molecule is Cc1nnc2ccc(N3CC4OCCN(Cc5ccccc5)C4C3)nn12. The number of ether oxygens (including phenoxy) is 1. The molecule has 2 fully saturated rings. The van der Waals surface area contributed by atoms with Gasteiger partial charge in [0, 0.05) is 26.2 Å². The van der Waals surface area contributed by atoms with Crippen LogP contribution in [0.2, 0.25) is 0 Å². The zero-order valence-electron chi connectivity index (χ0n) is 14.8. The van der Waals surface area contributed by atoms with E-state index in [9.17, 15) is 0 Å². The summed E-state index contributed by atoms with van der Waals surface area (Å²) in [5.74, 6) is 1.76. The molecule has 0 N–H and O–H groups in total. The Morgan fingerprint density at radius 1 is 1.08 bits per heavy atom. The molecule has 2 atom stereocenters. The fraction of sp³-hybridized carbons (Fsp3) is 0.421. The van der Waals surface area contributed by atoms with Crippen molar-refractivity contribution in [2.24, 2.45) is 0 Å². The second-order valence-corrected chi connectivity index (χ2v) is 7.05. The topological polar surface area (TPSA) is 58.8 Å². The van der Waals surface area contributed by atoms with E-state index in [0.29, 0.717) is 6.04 Å². The van der Waals surface area contributed by atoms with Gasteiger partial charge < -0.3 is 9.64 Å². The van der Waals surface area contributed by atoms with Crippen LogP contribution in [0.4, 0.5) is 5.82 Å². The molecular formula is C19H22N6O. The Morgan fingerprint density at radius 2 is 1.96 bits per heavy atom. The van der Waals surface area contributed by atoms with Gasteiger partial charge in [0.1, 0.15) is 5.82 Å². The largest absolute Gasteiger partial charge is 0.373 e. The number of nitrogens with zero attached hydrogens (tertiary/aromatic N) is 6. The molecule has 2 unspecified atom stereocenters. The summed E-state index contributed by atoms with van der Waals surface area (Å²) in [5.41, 5.74) is 2.14. The van der Waals surface area contributed by atoms with Gasteiger partial charge in [0.2, 0.25) is 0 Å². The Hall–Kier alpha value is -2.51. The molecule has 2 aliphatic heterocycles. The number of morpholine rings is 1. The van der Waals surface area contributed by atoms with Crippen LogP contribution in [0.1, 0.15) is 11.4 Å². The van der Waals surface area contributed by atoms with E-state index in [-0.39, 0.29) is 6.10 Å². The van der Waals surface area contributed by atoms with Crippen LogP contribution in [0, 0.1) is 6.92 Å². The molecule has 0 spiro atoms. The standard InChI is InChI=1S/C19H22N6O/c1-14-20-21-18-7-8-19(22-25(14)18)24-12-16-17(13-24)26-10-9-23(16)11-15-5-3-2-4-6-15/h2-8,16-17H,9-13H2,1H3. The molecule has 4 heterocycles. The van der Waals surface area contributed by atoms with Crippen LogP contribution in [-0.4, -0.2) is 63.1 Å². The number of rotatable bonds is 3. The molecule has 5 rings (SSSR count). The predicted octanol–water partition coefficient (Wildman–Crippen LogP) is 1.52. The molecule has 0 radical (unpaired) electrons. The van der Waals surface area contributed by atoms with Gasteiger partial charge >= 0.3 is 0 Å². The normalized spacial score (nSPS) is 23.5. The van der Waals surface area contributed by atoms with Gasteiger partial charge in [0.15, 0.2) is 11.5 Å². The van der Waals surface area contributed by atoms with Gasteiger partial charge in [-0.15, -0.1) is 15.3 Å². The highest BCUT2D eigenvalue weighted by Gasteiger charge is 2.40. The first kappa shape index (κ1) is 15.7. The van der Waals surface area contributed by atoms with E-state index in [0.717, 1.165) is 50.1 Å². The van der Waals surface area contributed by atoms with E-state index in [1.54, 1.807) is 4.52 Å². The number of anilines is 1. The number of benzene rings is 1. The van der Waals surface area contributed by atoms with Gasteiger partial charge in [-0.05, 0) is 24.6 Å². The van der Waals surface area contributed by atoms with E-state index < -0.39 is 0 Å². The lowest BCUT2D eigenvalue weighted by molar-refractivity contribution is -0.0499. The lowest BCUT2D eigenvalue weighted by atomic mass is 10.1. The van der Waals surface area contributed by atoms with Gasteiger partial charge in [0.05, 0.1) is 18.8 Å². The van der Waals surface area contributed by atoms with Crippen LogP contribution in [-0.2, 0) is 11.3 Å². The van der Waals surface area contributed by atoms with Gasteiger partial charge in [0.25, 0.3) is 0 Å². The maximum absolute atomic E-state index is 6.08. The number of fused-ring (bicyclic) bond motifs is 2. The third-order valence-electron chi connectivity index (χ3n) is 5.37. The highest BCUT2D eigenvalue weighted by atomic mass is 16.5. The molecular weight excluding hydrogens is 328 g/mol. The highest BCUT2D eigenvalue weighted by Crippen LogP contribution is 2.27. The van der Waals surface area contributed by atoms with Crippen molar-refractivity contribution in [3.63, 3.8) is 0 Å². The molecule has 134 valence electrons. The summed E-state index contributed by atoms with van der Waals surface area (Å²) in [6.45, 7) is 6.45. The lowest BCUT2D eigenvalue weighted by Crippen LogP contribution is -2.50. The summed E-state index contributed by atoms with van der Waals surface area (Å²) < 4.78 is 7.88. The zero-order valence-corrected chi connectivity index (χ0v) is 14.8. The van der Waals surface area contributed by atoms with Crippen LogP contribution in [0.25, 0.3) is 5.65 Å². The van der Waals surface area contributed by atoms with E-state index in [2.05, 4.69) is 50.3 Å². The van der Waals surface area contributed by atoms with Crippen molar-refractivity contribution in [2.45, 2.75) is 25.6 Å². The van der Waals surface area contributed by atoms with Crippen molar-refractivity contribution < 1.29 is 4.74 Å². The molecule has 26 heavy (non-hydrogen) atoms. The Labute approximate surface area is 152 Å². The quantitative estimate of drug-likeness (QED) is 0.714. The maximum Gasteiger partial charge on any atom is 0.178 e. The molecule has 2 saturated heterocycles. The molecule has 2 aliphatic rings. The molecule has 0 bridgehead atoms. The first-order valence-corrected chi connectivity index (χ1v) is 9.11. The van der Waals surface area contributed by atoms with Crippen molar-refractivity contribution in [3.05, 3.63) is 53.9 Å². The summed E-state index contributed by atoms with van der Waals surface area (Å²) in [7, 11) is 0. The molecule has 1 aromatic carbocycles. The van der Waals surface area contributed by atoms with Crippen molar-refractivity contribution in [1.29, 1.82) is 0 Å². The average Bonchev–Trinajstić information content (AvgIpc) is 3.27. The summed E-state index contributed by atoms with van der Waals surface area (Å²) in [5, 5.41) is 12.9. The summed E-state index contributed by atoms with van der Waals surface area (Å²) in [4.78, 5) is 4.86. The second-order valence-electron chi connectivity index (χ2n) is 7.05. The second kappa shape index (κ2) is 6.34. The fourth-order valence-corrected chi connectivity index (χ4v) is 4.01. The van der Waals surface area contributed by atoms with Crippen LogP contribution >= 0.6 is 0 Å². The number of hydrogen-bond acceptors (Lipinski definition) is 6. The summed E-state index contributed by atoms with van der Waals surface area (Å²) in [6.07, 6.45) is 0.229. The van der Waals surface area contributed by atoms with E-state index in [4.69, 9.17) is 9.84 Å². The molecule has 0 saturated carbocycles. The molecule has 7 nitrogen and oxygen atoms in total.